The molecule has 12 heteroatoms. The van der Waals surface area contributed by atoms with E-state index in [2.05, 4.69) is 10.6 Å². The van der Waals surface area contributed by atoms with E-state index in [9.17, 15) is 14.2 Å². The Labute approximate surface area is 297 Å². The average Bonchev–Trinajstić information content (AvgIpc) is 3.85. The fourth-order valence-electron chi connectivity index (χ4n) is 4.75. The number of thiophene rings is 2. The topological polar surface area (TPSA) is 146 Å². The molecule has 0 saturated carbocycles. The standard InChI is InChI=1S/C38H29N4O5PS2/c39-31-15-13-27(35-9-3-19-49-35)23-33(31)41-37(43)17-11-25-5-1-7-29(21-25)46-48(45)47-30-8-2-6-26(22-30)12-18-38(44)42-34-24-28(14-16-32(34)40)36-10-4-20-50-36/h1-24H,39-40H2,(H-,41,42,43,44)/p+1/b17-11+,18-12+. The first-order valence-corrected chi connectivity index (χ1v) is 18.0. The first kappa shape index (κ1) is 33.9. The second-order valence-electron chi connectivity index (χ2n) is 10.8. The second kappa shape index (κ2) is 15.9. The van der Waals surface area contributed by atoms with Crippen molar-refractivity contribution in [3.63, 3.8) is 0 Å². The van der Waals surface area contributed by atoms with Crippen molar-refractivity contribution in [1.82, 2.24) is 0 Å². The van der Waals surface area contributed by atoms with Gasteiger partial charge in [-0.1, -0.05) is 48.5 Å². The highest BCUT2D eigenvalue weighted by atomic mass is 32.1. The van der Waals surface area contributed by atoms with E-state index in [1.807, 2.05) is 59.3 Å². The van der Waals surface area contributed by atoms with Crippen LogP contribution in [0.25, 0.3) is 33.0 Å². The number of hydrogen-bond donors (Lipinski definition) is 4. The normalized spacial score (nSPS) is 11.0. The van der Waals surface area contributed by atoms with Crippen LogP contribution in [-0.4, -0.2) is 11.8 Å². The highest BCUT2D eigenvalue weighted by Crippen LogP contribution is 2.33. The van der Waals surface area contributed by atoms with Crippen LogP contribution in [0.2, 0.25) is 0 Å². The minimum Gasteiger partial charge on any atom is -0.397 e. The number of carbonyl (C=O) groups excluding carboxylic acids is 2. The predicted octanol–water partition coefficient (Wildman–Crippen LogP) is 9.73. The predicted molar refractivity (Wildman–Crippen MR) is 205 cm³/mol. The lowest BCUT2D eigenvalue weighted by Gasteiger charge is -2.08. The molecule has 0 bridgehead atoms. The van der Waals surface area contributed by atoms with Gasteiger partial charge in [-0.15, -0.1) is 22.7 Å². The summed E-state index contributed by atoms with van der Waals surface area (Å²) in [5.74, 6) is -0.146. The van der Waals surface area contributed by atoms with Gasteiger partial charge in [-0.3, -0.25) is 9.59 Å². The Morgan fingerprint density at radius 2 is 1.06 bits per heavy atom. The van der Waals surface area contributed by atoms with E-state index in [-0.39, 0.29) is 23.3 Å². The summed E-state index contributed by atoms with van der Waals surface area (Å²) >= 11 is 3.20. The second-order valence-corrected chi connectivity index (χ2v) is 13.5. The number of rotatable bonds is 12. The lowest BCUT2D eigenvalue weighted by Crippen LogP contribution is -2.09. The molecule has 6 N–H and O–H groups in total. The first-order chi connectivity index (χ1) is 24.3. The van der Waals surface area contributed by atoms with Crippen molar-refractivity contribution >= 4 is 77.6 Å². The molecule has 9 nitrogen and oxygen atoms in total. The molecule has 0 saturated heterocycles. The van der Waals surface area contributed by atoms with E-state index in [1.54, 1.807) is 95.5 Å². The zero-order chi connectivity index (χ0) is 34.9. The number of carbonyl (C=O) groups is 2. The van der Waals surface area contributed by atoms with Crippen molar-refractivity contribution < 1.29 is 23.2 Å². The molecule has 0 aliphatic carbocycles. The van der Waals surface area contributed by atoms with Crippen LogP contribution < -0.4 is 31.1 Å². The highest BCUT2D eigenvalue weighted by Gasteiger charge is 2.24. The van der Waals surface area contributed by atoms with Crippen LogP contribution >= 0.6 is 30.9 Å². The molecule has 0 radical (unpaired) electrons. The first-order valence-electron chi connectivity index (χ1n) is 15.2. The minimum absolute atomic E-state index is 0.289. The van der Waals surface area contributed by atoms with E-state index < -0.39 is 8.25 Å². The zero-order valence-corrected chi connectivity index (χ0v) is 28.8. The van der Waals surface area contributed by atoms with Gasteiger partial charge in [-0.25, -0.2) is 9.05 Å². The van der Waals surface area contributed by atoms with E-state index in [4.69, 9.17) is 20.5 Å². The van der Waals surface area contributed by atoms with Crippen LogP contribution in [-0.2, 0) is 14.2 Å². The van der Waals surface area contributed by atoms with Gasteiger partial charge in [-0.05, 0) is 106 Å². The monoisotopic (exact) mass is 717 g/mol. The quantitative estimate of drug-likeness (QED) is 0.0560. The number of benzene rings is 4. The van der Waals surface area contributed by atoms with Gasteiger partial charge < -0.3 is 22.1 Å². The fraction of sp³-hybridized carbons (Fsp3) is 0. The smallest absolute Gasteiger partial charge is 0.397 e. The largest absolute Gasteiger partial charge is 0.805 e. The highest BCUT2D eigenvalue weighted by molar-refractivity contribution is 7.34. The maximum absolute atomic E-state index is 12.7. The molecule has 50 heavy (non-hydrogen) atoms. The van der Waals surface area contributed by atoms with Crippen LogP contribution in [0, 0.1) is 0 Å². The summed E-state index contributed by atoms with van der Waals surface area (Å²) in [6.45, 7) is 0. The van der Waals surface area contributed by atoms with Crippen LogP contribution in [0.5, 0.6) is 11.5 Å². The molecule has 0 aliphatic heterocycles. The summed E-state index contributed by atoms with van der Waals surface area (Å²) in [5, 5.41) is 9.61. The van der Waals surface area contributed by atoms with E-state index in [0.717, 1.165) is 20.9 Å². The number of anilines is 4. The third kappa shape index (κ3) is 9.12. The van der Waals surface area contributed by atoms with Gasteiger partial charge in [0.2, 0.25) is 11.8 Å². The molecule has 6 rings (SSSR count). The molecule has 0 fully saturated rings. The van der Waals surface area contributed by atoms with Gasteiger partial charge in [0.25, 0.3) is 0 Å². The van der Waals surface area contributed by atoms with Crippen LogP contribution in [0.1, 0.15) is 11.1 Å². The lowest BCUT2D eigenvalue weighted by atomic mass is 10.1. The van der Waals surface area contributed by atoms with Crippen molar-refractivity contribution in [3.05, 3.63) is 143 Å². The van der Waals surface area contributed by atoms with Gasteiger partial charge in [0.1, 0.15) is 0 Å². The number of nitrogen functional groups attached to an aromatic ring is 2. The molecule has 6 aromatic rings. The Hall–Kier alpha value is -6.00. The van der Waals surface area contributed by atoms with Gasteiger partial charge in [0.15, 0.2) is 11.5 Å². The number of amides is 2. The van der Waals surface area contributed by atoms with Crippen molar-refractivity contribution in [1.29, 1.82) is 0 Å². The molecule has 0 spiro atoms. The molecule has 4 aromatic carbocycles. The van der Waals surface area contributed by atoms with E-state index in [1.165, 1.54) is 12.2 Å². The Kier molecular flexibility index (Phi) is 10.8. The summed E-state index contributed by atoms with van der Waals surface area (Å²) in [5.41, 5.74) is 17.3. The molecule has 0 atom stereocenters. The van der Waals surface area contributed by atoms with Crippen molar-refractivity contribution in [3.8, 4) is 32.4 Å². The van der Waals surface area contributed by atoms with E-state index in [0.29, 0.717) is 33.9 Å². The third-order valence-electron chi connectivity index (χ3n) is 7.16. The van der Waals surface area contributed by atoms with Crippen molar-refractivity contribution in [2.24, 2.45) is 0 Å². The number of nitrogens with two attached hydrogens (primary N) is 2. The Morgan fingerprint density at radius 3 is 1.48 bits per heavy atom. The van der Waals surface area contributed by atoms with Gasteiger partial charge in [-0.2, -0.15) is 0 Å². The molecule has 248 valence electrons. The van der Waals surface area contributed by atoms with Gasteiger partial charge in [0, 0.05) is 26.5 Å². The van der Waals surface area contributed by atoms with Crippen molar-refractivity contribution in [2.45, 2.75) is 0 Å². The summed E-state index contributed by atoms with van der Waals surface area (Å²) in [7, 11) is -2.60. The van der Waals surface area contributed by atoms with Gasteiger partial charge >= 0.3 is 8.25 Å². The molecular weight excluding hydrogens is 688 g/mol. The fourth-order valence-corrected chi connectivity index (χ4v) is 6.81. The van der Waals surface area contributed by atoms with Gasteiger partial charge in [0.05, 0.1) is 22.7 Å². The zero-order valence-electron chi connectivity index (χ0n) is 26.3. The Balaban J connectivity index is 1.02. The maximum Gasteiger partial charge on any atom is 0.805 e. The molecule has 2 aromatic heterocycles. The number of hydrogen-bond acceptors (Lipinski definition) is 9. The van der Waals surface area contributed by atoms with Crippen LogP contribution in [0.15, 0.2) is 132 Å². The summed E-state index contributed by atoms with van der Waals surface area (Å²) in [4.78, 5) is 27.5. The molecule has 2 amide bonds. The van der Waals surface area contributed by atoms with Crippen LogP contribution in [0.4, 0.5) is 22.7 Å². The SMILES string of the molecule is Nc1ccc(-c2cccs2)cc1NC(=O)/C=C/c1cccc(O[P+](=O)Oc2cccc(/C=C/C(=O)Nc3cc(-c4cccs4)ccc3N)c2)c1. The maximum atomic E-state index is 12.7. The van der Waals surface area contributed by atoms with Crippen molar-refractivity contribution in [2.75, 3.05) is 22.1 Å². The van der Waals surface area contributed by atoms with E-state index >= 15 is 0 Å². The van der Waals surface area contributed by atoms with Crippen LogP contribution in [0.3, 0.4) is 0 Å². The minimum atomic E-state index is -2.60. The number of nitrogens with one attached hydrogen (secondary N) is 2. The summed E-state index contributed by atoms with van der Waals surface area (Å²) in [6, 6.07) is 32.4. The molecule has 0 unspecified atom stereocenters. The average molecular weight is 718 g/mol. The molecule has 2 heterocycles. The summed E-state index contributed by atoms with van der Waals surface area (Å²) in [6.07, 6.45) is 5.97. The third-order valence-corrected chi connectivity index (χ3v) is 9.72. The summed E-state index contributed by atoms with van der Waals surface area (Å²) < 4.78 is 23.8. The Morgan fingerprint density at radius 1 is 0.600 bits per heavy atom. The molecule has 0 aliphatic rings. The Bertz CT molecular complexity index is 2060. The molecular formula is C38H30N4O5PS2+. The lowest BCUT2D eigenvalue weighted by molar-refractivity contribution is -0.112.